The lowest BCUT2D eigenvalue weighted by Gasteiger charge is -2.07. The average Bonchev–Trinajstić information content (AvgIpc) is 2.91. The van der Waals surface area contributed by atoms with Gasteiger partial charge in [-0.05, 0) is 36.8 Å². The first kappa shape index (κ1) is 12.7. The minimum Gasteiger partial charge on any atom is -0.322 e. The zero-order valence-electron chi connectivity index (χ0n) is 10.8. The summed E-state index contributed by atoms with van der Waals surface area (Å²) in [4.78, 5) is 12.3. The van der Waals surface area contributed by atoms with Gasteiger partial charge in [-0.15, -0.1) is 0 Å². The number of hydrogen-bond donors (Lipinski definition) is 2. The fourth-order valence-corrected chi connectivity index (χ4v) is 2.22. The predicted octanol–water partition coefficient (Wildman–Crippen LogP) is 3.78. The van der Waals surface area contributed by atoms with Gasteiger partial charge in [0, 0.05) is 16.1 Å². The van der Waals surface area contributed by atoms with Crippen LogP contribution in [-0.2, 0) is 0 Å². The second-order valence-electron chi connectivity index (χ2n) is 4.55. The fourth-order valence-electron chi connectivity index (χ4n) is 2.04. The molecule has 0 fully saturated rings. The Morgan fingerprint density at radius 2 is 2.15 bits per heavy atom. The van der Waals surface area contributed by atoms with E-state index < -0.39 is 0 Å². The van der Waals surface area contributed by atoms with E-state index in [0.29, 0.717) is 16.3 Å². The number of carbonyl (C=O) groups excluding carboxylic acids is 1. The van der Waals surface area contributed by atoms with E-state index in [1.54, 1.807) is 18.3 Å². The van der Waals surface area contributed by atoms with Crippen molar-refractivity contribution in [1.82, 2.24) is 10.2 Å². The SMILES string of the molecule is Cc1ccc(NC(=O)c2cccc3[nH]ncc23)cc1Cl. The Balaban J connectivity index is 1.93. The molecule has 3 rings (SSSR count). The van der Waals surface area contributed by atoms with Crippen LogP contribution >= 0.6 is 11.6 Å². The lowest BCUT2D eigenvalue weighted by Crippen LogP contribution is -2.12. The molecule has 0 aliphatic heterocycles. The van der Waals surface area contributed by atoms with Crippen molar-refractivity contribution >= 4 is 34.1 Å². The Labute approximate surface area is 120 Å². The normalized spacial score (nSPS) is 10.7. The Bertz CT molecular complexity index is 795. The average molecular weight is 286 g/mol. The van der Waals surface area contributed by atoms with Gasteiger partial charge in [0.1, 0.15) is 0 Å². The molecule has 0 atom stereocenters. The van der Waals surface area contributed by atoms with Gasteiger partial charge in [-0.2, -0.15) is 5.10 Å². The van der Waals surface area contributed by atoms with Gasteiger partial charge in [0.05, 0.1) is 17.3 Å². The molecule has 2 aromatic carbocycles. The number of aryl methyl sites for hydroxylation is 1. The lowest BCUT2D eigenvalue weighted by atomic mass is 10.1. The molecule has 0 unspecified atom stereocenters. The number of aromatic nitrogens is 2. The van der Waals surface area contributed by atoms with Gasteiger partial charge in [-0.25, -0.2) is 0 Å². The zero-order valence-corrected chi connectivity index (χ0v) is 11.5. The van der Waals surface area contributed by atoms with E-state index in [-0.39, 0.29) is 5.91 Å². The number of nitrogens with one attached hydrogen (secondary N) is 2. The van der Waals surface area contributed by atoms with Crippen LogP contribution < -0.4 is 5.32 Å². The molecular weight excluding hydrogens is 274 g/mol. The monoisotopic (exact) mass is 285 g/mol. The van der Waals surface area contributed by atoms with Crippen LogP contribution in [0.25, 0.3) is 10.9 Å². The summed E-state index contributed by atoms with van der Waals surface area (Å²) < 4.78 is 0. The molecule has 1 amide bonds. The first-order valence-electron chi connectivity index (χ1n) is 6.15. The number of hydrogen-bond acceptors (Lipinski definition) is 2. The van der Waals surface area contributed by atoms with Crippen LogP contribution in [0, 0.1) is 6.92 Å². The maximum atomic E-state index is 12.3. The van der Waals surface area contributed by atoms with Crippen LogP contribution in [0.4, 0.5) is 5.69 Å². The van der Waals surface area contributed by atoms with Crippen molar-refractivity contribution in [1.29, 1.82) is 0 Å². The maximum Gasteiger partial charge on any atom is 0.256 e. The van der Waals surface area contributed by atoms with Gasteiger partial charge in [0.2, 0.25) is 0 Å². The number of nitrogens with zero attached hydrogens (tertiary/aromatic N) is 1. The van der Waals surface area contributed by atoms with E-state index in [9.17, 15) is 4.79 Å². The van der Waals surface area contributed by atoms with E-state index in [2.05, 4.69) is 15.5 Å². The number of benzene rings is 2. The van der Waals surface area contributed by atoms with Crippen molar-refractivity contribution in [2.24, 2.45) is 0 Å². The molecule has 4 nitrogen and oxygen atoms in total. The first-order chi connectivity index (χ1) is 9.65. The highest BCUT2D eigenvalue weighted by Gasteiger charge is 2.11. The third-order valence-corrected chi connectivity index (χ3v) is 3.57. The predicted molar refractivity (Wildman–Crippen MR) is 80.2 cm³/mol. The van der Waals surface area contributed by atoms with E-state index in [0.717, 1.165) is 16.5 Å². The zero-order chi connectivity index (χ0) is 14.1. The summed E-state index contributed by atoms with van der Waals surface area (Å²) in [6, 6.07) is 10.9. The molecule has 100 valence electrons. The van der Waals surface area contributed by atoms with Crippen molar-refractivity contribution in [3.63, 3.8) is 0 Å². The molecule has 0 spiro atoms. The summed E-state index contributed by atoms with van der Waals surface area (Å²) in [7, 11) is 0. The van der Waals surface area contributed by atoms with Crippen LogP contribution in [0.15, 0.2) is 42.6 Å². The summed E-state index contributed by atoms with van der Waals surface area (Å²) in [6.07, 6.45) is 1.65. The molecule has 0 aliphatic carbocycles. The summed E-state index contributed by atoms with van der Waals surface area (Å²) in [6.45, 7) is 1.92. The number of rotatable bonds is 2. The van der Waals surface area contributed by atoms with Gasteiger partial charge in [-0.1, -0.05) is 23.7 Å². The Morgan fingerprint density at radius 3 is 2.95 bits per heavy atom. The molecule has 20 heavy (non-hydrogen) atoms. The van der Waals surface area contributed by atoms with Crippen LogP contribution in [0.5, 0.6) is 0 Å². The molecule has 0 bridgehead atoms. The minimum absolute atomic E-state index is 0.183. The van der Waals surface area contributed by atoms with Crippen LogP contribution in [0.1, 0.15) is 15.9 Å². The third kappa shape index (κ3) is 2.26. The highest BCUT2D eigenvalue weighted by atomic mass is 35.5. The first-order valence-corrected chi connectivity index (χ1v) is 6.52. The largest absolute Gasteiger partial charge is 0.322 e. The Kier molecular flexibility index (Phi) is 3.16. The third-order valence-electron chi connectivity index (χ3n) is 3.16. The molecular formula is C15H12ClN3O. The van der Waals surface area contributed by atoms with Crippen molar-refractivity contribution < 1.29 is 4.79 Å². The molecule has 0 radical (unpaired) electrons. The lowest BCUT2D eigenvalue weighted by molar-refractivity contribution is 0.102. The Morgan fingerprint density at radius 1 is 1.30 bits per heavy atom. The van der Waals surface area contributed by atoms with Crippen molar-refractivity contribution in [3.8, 4) is 0 Å². The van der Waals surface area contributed by atoms with Gasteiger partial charge in [0.15, 0.2) is 0 Å². The van der Waals surface area contributed by atoms with Crippen LogP contribution in [0.3, 0.4) is 0 Å². The second kappa shape index (κ2) is 4.98. The summed E-state index contributed by atoms with van der Waals surface area (Å²) in [5, 5.41) is 11.1. The smallest absolute Gasteiger partial charge is 0.256 e. The number of amides is 1. The summed E-state index contributed by atoms with van der Waals surface area (Å²) >= 11 is 6.05. The van der Waals surface area contributed by atoms with Gasteiger partial charge >= 0.3 is 0 Å². The molecule has 0 saturated heterocycles. The highest BCUT2D eigenvalue weighted by molar-refractivity contribution is 6.31. The summed E-state index contributed by atoms with van der Waals surface area (Å²) in [5.41, 5.74) is 3.06. The standard InChI is InChI=1S/C15H12ClN3O/c1-9-5-6-10(7-13(9)16)18-15(20)11-3-2-4-14-12(11)8-17-19-14/h2-8H,1H3,(H,17,19)(H,18,20). The second-order valence-corrected chi connectivity index (χ2v) is 4.96. The van der Waals surface area contributed by atoms with Crippen molar-refractivity contribution in [2.75, 3.05) is 5.32 Å². The number of carbonyl (C=O) groups is 1. The molecule has 0 saturated carbocycles. The number of anilines is 1. The molecule has 1 heterocycles. The number of halogens is 1. The van der Waals surface area contributed by atoms with Gasteiger partial charge in [-0.3, -0.25) is 9.89 Å². The number of H-pyrrole nitrogens is 1. The molecule has 3 aromatic rings. The van der Waals surface area contributed by atoms with Crippen LogP contribution in [-0.4, -0.2) is 16.1 Å². The molecule has 5 heteroatoms. The topological polar surface area (TPSA) is 57.8 Å². The molecule has 1 aromatic heterocycles. The van der Waals surface area contributed by atoms with Crippen molar-refractivity contribution in [3.05, 3.63) is 58.7 Å². The van der Waals surface area contributed by atoms with Crippen molar-refractivity contribution in [2.45, 2.75) is 6.92 Å². The van der Waals surface area contributed by atoms with E-state index in [1.165, 1.54) is 0 Å². The van der Waals surface area contributed by atoms with E-state index in [1.807, 2.05) is 31.2 Å². The number of fused-ring (bicyclic) bond motifs is 1. The van der Waals surface area contributed by atoms with Gasteiger partial charge in [0.25, 0.3) is 5.91 Å². The Hall–Kier alpha value is -2.33. The van der Waals surface area contributed by atoms with E-state index in [4.69, 9.17) is 11.6 Å². The van der Waals surface area contributed by atoms with Gasteiger partial charge < -0.3 is 5.32 Å². The van der Waals surface area contributed by atoms with Crippen LogP contribution in [0.2, 0.25) is 5.02 Å². The fraction of sp³-hybridized carbons (Fsp3) is 0.0667. The maximum absolute atomic E-state index is 12.3. The number of aromatic amines is 1. The highest BCUT2D eigenvalue weighted by Crippen LogP contribution is 2.22. The minimum atomic E-state index is -0.183. The molecule has 2 N–H and O–H groups in total. The molecule has 0 aliphatic rings. The van der Waals surface area contributed by atoms with E-state index >= 15 is 0 Å². The summed E-state index contributed by atoms with van der Waals surface area (Å²) in [5.74, 6) is -0.183. The quantitative estimate of drug-likeness (QED) is 0.753.